The minimum Gasteiger partial charge on any atom is -0.508 e. The third kappa shape index (κ3) is 6.70. The van der Waals surface area contributed by atoms with Crippen LogP contribution in [0.25, 0.3) is 0 Å². The largest absolute Gasteiger partial charge is 0.508 e. The number of likely N-dealkylation sites (tertiary alicyclic amines) is 1. The third-order valence-corrected chi connectivity index (χ3v) is 8.39. The Kier molecular flexibility index (Phi) is 8.66. The van der Waals surface area contributed by atoms with Gasteiger partial charge in [0.1, 0.15) is 29.5 Å². The highest BCUT2D eigenvalue weighted by Gasteiger charge is 2.39. The number of anilines is 1. The number of aromatic hydroxyl groups is 1. The van der Waals surface area contributed by atoms with E-state index in [-0.39, 0.29) is 11.7 Å². The van der Waals surface area contributed by atoms with Gasteiger partial charge in [-0.2, -0.15) is 0 Å². The number of fused-ring (bicyclic) bond motifs is 1. The second-order valence-electron chi connectivity index (χ2n) is 11.6. The lowest BCUT2D eigenvalue weighted by Gasteiger charge is -2.42. The van der Waals surface area contributed by atoms with Gasteiger partial charge in [-0.1, -0.05) is 49.2 Å². The van der Waals surface area contributed by atoms with Crippen LogP contribution < -0.4 is 14.4 Å². The molecule has 208 valence electrons. The molecular weight excluding hydrogens is 484 g/mol. The summed E-state index contributed by atoms with van der Waals surface area (Å²) in [5, 5.41) is 9.96. The van der Waals surface area contributed by atoms with Gasteiger partial charge in [-0.05, 0) is 94.1 Å². The molecule has 2 aliphatic rings. The smallest absolute Gasteiger partial charge is 0.127 e. The predicted octanol–water partition coefficient (Wildman–Crippen LogP) is 7.17. The Morgan fingerprint density at radius 2 is 1.72 bits per heavy atom. The van der Waals surface area contributed by atoms with Crippen LogP contribution in [0.1, 0.15) is 69.1 Å². The van der Waals surface area contributed by atoms with Crippen LogP contribution in [0.5, 0.6) is 17.2 Å². The average Bonchev–Trinajstić information content (AvgIpc) is 3.21. The van der Waals surface area contributed by atoms with Gasteiger partial charge in [-0.3, -0.25) is 4.90 Å². The van der Waals surface area contributed by atoms with E-state index >= 15 is 0 Å². The zero-order chi connectivity index (χ0) is 27.2. The van der Waals surface area contributed by atoms with Gasteiger partial charge in [-0.25, -0.2) is 0 Å². The number of phenolic OH excluding ortho intramolecular Hbond substituents is 1. The molecule has 0 aliphatic carbocycles. The fourth-order valence-corrected chi connectivity index (χ4v) is 6.11. The number of para-hydroxylation sites is 1. The van der Waals surface area contributed by atoms with E-state index < -0.39 is 5.60 Å². The van der Waals surface area contributed by atoms with Crippen molar-refractivity contribution in [1.29, 1.82) is 0 Å². The van der Waals surface area contributed by atoms with Crippen molar-refractivity contribution < 1.29 is 14.6 Å². The Bertz CT molecular complexity index is 1220. The number of hydrogen-bond donors (Lipinski definition) is 1. The molecule has 0 spiro atoms. The van der Waals surface area contributed by atoms with Crippen molar-refractivity contribution in [1.82, 2.24) is 4.90 Å². The summed E-state index contributed by atoms with van der Waals surface area (Å²) < 4.78 is 12.5. The molecule has 2 aliphatic heterocycles. The number of ether oxygens (including phenoxy) is 2. The quantitative estimate of drug-likeness (QED) is 0.319. The van der Waals surface area contributed by atoms with Crippen molar-refractivity contribution in [3.63, 3.8) is 0 Å². The Hall–Kier alpha value is -3.18. The van der Waals surface area contributed by atoms with E-state index in [0.717, 1.165) is 49.7 Å². The highest BCUT2D eigenvalue weighted by molar-refractivity contribution is 5.58. The summed E-state index contributed by atoms with van der Waals surface area (Å²) >= 11 is 0. The molecule has 1 unspecified atom stereocenters. The van der Waals surface area contributed by atoms with Gasteiger partial charge in [0.15, 0.2) is 0 Å². The molecule has 0 amide bonds. The maximum absolute atomic E-state index is 9.96. The first-order valence-corrected chi connectivity index (χ1v) is 14.7. The molecule has 0 aromatic heterocycles. The van der Waals surface area contributed by atoms with E-state index in [2.05, 4.69) is 79.1 Å². The lowest BCUT2D eigenvalue weighted by molar-refractivity contribution is 0.0613. The number of hydrogen-bond acceptors (Lipinski definition) is 5. The SMILES string of the molecule is CCN(Cc1ccc(OCCN2CCCCCC2)cc1)c1ccccc1C1Cc2ccc(O)cc2OC1(C)C. The molecular formula is C34H44N2O3. The predicted molar refractivity (Wildman–Crippen MR) is 159 cm³/mol. The fourth-order valence-electron chi connectivity index (χ4n) is 6.11. The Labute approximate surface area is 234 Å². The van der Waals surface area contributed by atoms with Crippen molar-refractivity contribution in [2.24, 2.45) is 0 Å². The summed E-state index contributed by atoms with van der Waals surface area (Å²) in [6.45, 7) is 12.4. The van der Waals surface area contributed by atoms with E-state index in [0.29, 0.717) is 0 Å². The molecule has 5 heteroatoms. The molecule has 0 radical (unpaired) electrons. The minimum atomic E-state index is -0.400. The van der Waals surface area contributed by atoms with Gasteiger partial charge in [-0.15, -0.1) is 0 Å². The standard InChI is InChI=1S/C34H44N2O3/c1-4-36(25-26-13-17-29(18-14-26)38-22-21-35-19-9-5-6-10-20-35)32-12-8-7-11-30(32)31-23-27-15-16-28(37)24-33(27)39-34(31,2)3/h7-8,11-18,24,31,37H,4-6,9-10,19-23,25H2,1-3H3. The first-order chi connectivity index (χ1) is 18.9. The molecule has 1 N–H and O–H groups in total. The van der Waals surface area contributed by atoms with E-state index in [9.17, 15) is 5.11 Å². The van der Waals surface area contributed by atoms with Crippen LogP contribution in [-0.4, -0.2) is 48.4 Å². The van der Waals surface area contributed by atoms with Crippen LogP contribution in [0.3, 0.4) is 0 Å². The molecule has 3 aromatic carbocycles. The summed E-state index contributed by atoms with van der Waals surface area (Å²) in [6.07, 6.45) is 6.23. The number of benzene rings is 3. The molecule has 5 nitrogen and oxygen atoms in total. The molecule has 3 aromatic rings. The zero-order valence-corrected chi connectivity index (χ0v) is 23.9. The van der Waals surface area contributed by atoms with Gasteiger partial charge < -0.3 is 19.5 Å². The van der Waals surface area contributed by atoms with Crippen LogP contribution in [0.2, 0.25) is 0 Å². The van der Waals surface area contributed by atoms with Crippen molar-refractivity contribution in [3.05, 3.63) is 83.4 Å². The Balaban J connectivity index is 1.26. The third-order valence-electron chi connectivity index (χ3n) is 8.39. The molecule has 0 saturated carbocycles. The molecule has 1 atom stereocenters. The van der Waals surface area contributed by atoms with Crippen molar-refractivity contribution in [2.75, 3.05) is 37.7 Å². The van der Waals surface area contributed by atoms with E-state index in [1.54, 1.807) is 12.1 Å². The molecule has 2 heterocycles. The maximum atomic E-state index is 9.96. The summed E-state index contributed by atoms with van der Waals surface area (Å²) in [7, 11) is 0. The van der Waals surface area contributed by atoms with Crippen molar-refractivity contribution in [3.8, 4) is 17.2 Å². The first kappa shape index (κ1) is 27.4. The van der Waals surface area contributed by atoms with Gasteiger partial charge in [0.05, 0.1) is 0 Å². The zero-order valence-electron chi connectivity index (χ0n) is 23.9. The summed E-state index contributed by atoms with van der Waals surface area (Å²) in [6, 6.07) is 22.9. The van der Waals surface area contributed by atoms with E-state index in [1.807, 2.05) is 6.07 Å². The van der Waals surface area contributed by atoms with Crippen LogP contribution >= 0.6 is 0 Å². The normalized spacial score (nSPS) is 19.0. The Morgan fingerprint density at radius 1 is 0.974 bits per heavy atom. The highest BCUT2D eigenvalue weighted by Crippen LogP contribution is 2.46. The van der Waals surface area contributed by atoms with Crippen molar-refractivity contribution in [2.45, 2.75) is 70.9 Å². The maximum Gasteiger partial charge on any atom is 0.127 e. The van der Waals surface area contributed by atoms with E-state index in [4.69, 9.17) is 9.47 Å². The first-order valence-electron chi connectivity index (χ1n) is 14.7. The molecule has 39 heavy (non-hydrogen) atoms. The van der Waals surface area contributed by atoms with Gasteiger partial charge >= 0.3 is 0 Å². The molecule has 0 bridgehead atoms. The van der Waals surface area contributed by atoms with Crippen LogP contribution in [-0.2, 0) is 13.0 Å². The molecule has 5 rings (SSSR count). The number of rotatable bonds is 9. The Morgan fingerprint density at radius 3 is 2.46 bits per heavy atom. The molecule has 1 saturated heterocycles. The van der Waals surface area contributed by atoms with E-state index in [1.165, 1.54) is 55.6 Å². The van der Waals surface area contributed by atoms with Gasteiger partial charge in [0, 0.05) is 37.3 Å². The molecule has 1 fully saturated rings. The van der Waals surface area contributed by atoms with Crippen LogP contribution in [0, 0.1) is 0 Å². The highest BCUT2D eigenvalue weighted by atomic mass is 16.5. The van der Waals surface area contributed by atoms with Crippen LogP contribution in [0.15, 0.2) is 66.7 Å². The number of nitrogens with zero attached hydrogens (tertiary/aromatic N) is 2. The second kappa shape index (κ2) is 12.3. The van der Waals surface area contributed by atoms with Gasteiger partial charge in [0.25, 0.3) is 0 Å². The van der Waals surface area contributed by atoms with Gasteiger partial charge in [0.2, 0.25) is 0 Å². The summed E-state index contributed by atoms with van der Waals surface area (Å²) in [5.74, 6) is 2.17. The minimum absolute atomic E-state index is 0.194. The van der Waals surface area contributed by atoms with Crippen molar-refractivity contribution >= 4 is 5.69 Å². The monoisotopic (exact) mass is 528 g/mol. The number of phenols is 1. The average molecular weight is 529 g/mol. The fraction of sp³-hybridized carbons (Fsp3) is 0.471. The summed E-state index contributed by atoms with van der Waals surface area (Å²) in [4.78, 5) is 4.99. The van der Waals surface area contributed by atoms with Crippen LogP contribution in [0.4, 0.5) is 5.69 Å². The lowest BCUT2D eigenvalue weighted by Crippen LogP contribution is -2.41. The second-order valence-corrected chi connectivity index (χ2v) is 11.6. The summed E-state index contributed by atoms with van der Waals surface area (Å²) in [5.41, 5.74) is 4.56. The lowest BCUT2D eigenvalue weighted by atomic mass is 9.77. The topological polar surface area (TPSA) is 45.2 Å².